The Bertz CT molecular complexity index is 6160. The first-order chi connectivity index (χ1) is 69.4. The molecular formula is C88H104N20O32P4. The summed E-state index contributed by atoms with van der Waals surface area (Å²) >= 11 is 0. The van der Waals surface area contributed by atoms with Gasteiger partial charge in [0.25, 0.3) is 0 Å². The zero-order valence-electron chi connectivity index (χ0n) is 77.8. The van der Waals surface area contributed by atoms with Crippen LogP contribution in [0, 0.1) is 27.7 Å². The van der Waals surface area contributed by atoms with Crippen LogP contribution in [0.1, 0.15) is 192 Å². The number of anilines is 4. The Kier molecular flexibility index (Phi) is 27.6. The molecule has 768 valence electrons. The van der Waals surface area contributed by atoms with Crippen molar-refractivity contribution >= 4 is 99.2 Å². The molecule has 16 unspecified atom stereocenters. The van der Waals surface area contributed by atoms with Crippen LogP contribution in [-0.2, 0) is 73.4 Å². The van der Waals surface area contributed by atoms with Gasteiger partial charge in [-0.2, -0.15) is 0 Å². The van der Waals surface area contributed by atoms with E-state index in [-0.39, 0.29) is 122 Å². The number of aliphatic hydroxyl groups excluding tert-OH is 4. The Balaban J connectivity index is 0.661. The van der Waals surface area contributed by atoms with E-state index in [0.717, 1.165) is 0 Å². The number of nitrogens with two attached hydrogens (primary N) is 4. The van der Waals surface area contributed by atoms with Gasteiger partial charge in [0.1, 0.15) is 167 Å². The number of hydrogen-bond acceptors (Lipinski definition) is 44. The van der Waals surface area contributed by atoms with Gasteiger partial charge in [-0.25, -0.2) is 78.1 Å². The molecule has 56 heteroatoms. The molecule has 21 rings (SSSR count). The molecule has 9 aliphatic rings. The standard InChI is InChI=1S/C88H104N20O32P4/c1-41-73-49-17-50-46(10-6-14-130-142(115,116)138-58-22-66(134-62(58)26-110)106-34-102-70-82(90)94-30-98-86(70)106)52-19-54-48(12-8-16-132-144(119,120)140-60-24-68(136-64(60)28-112)108-36-104-72-84(92)96-32-100-88(72)108)56-20-55-47(11-7-15-131-143(117,118)139-59-23-67(135-63(59)27-111)107-35-103-71-83(91)95-31-99-87(71)107)53-18-51(45(49)9-5-13-129-141(113,114)137-57-21-65(133-61(57)25-109)105-33-101-69-81(89)93-29-97-85(69)105)75(123-37-121-73)42(2)77(53)125-39-127-79(55)44(4)80(56)128-40-126-78(54)43(3)76(52)124-38-122-74(41)50/h17-20,29-36,45-48,57-68,109-112H,5-16,21-28,37-40H2,1-4H3,(H,113,114)(H,115,116)(H,117,118)(H,119,120)(H2,89,93,97)(H2,90,94,98)(H2,91,95,99)(H2,92,96,100). The Labute approximate surface area is 817 Å². The van der Waals surface area contributed by atoms with Crippen LogP contribution in [0.25, 0.3) is 44.7 Å². The van der Waals surface area contributed by atoms with Gasteiger partial charge in [0, 0.05) is 116 Å². The second-order valence-electron chi connectivity index (χ2n) is 36.1. The molecule has 0 amide bonds. The lowest BCUT2D eigenvalue weighted by Crippen LogP contribution is -2.27. The number of phosphoric ester groups is 4. The first-order valence-corrected chi connectivity index (χ1v) is 52.5. The van der Waals surface area contributed by atoms with E-state index in [1.807, 2.05) is 52.0 Å². The minimum absolute atomic E-state index is 0.00811. The van der Waals surface area contributed by atoms with Crippen LogP contribution in [0.15, 0.2) is 74.9 Å². The zero-order valence-corrected chi connectivity index (χ0v) is 81.3. The summed E-state index contributed by atoms with van der Waals surface area (Å²) in [5.74, 6) is -0.734. The summed E-state index contributed by atoms with van der Waals surface area (Å²) in [6, 6.07) is 7.82. The zero-order chi connectivity index (χ0) is 100. The molecule has 0 spiro atoms. The molecule has 144 heavy (non-hydrogen) atoms. The average molecular weight is 2080 g/mol. The van der Waals surface area contributed by atoms with Gasteiger partial charge >= 0.3 is 31.3 Å². The molecule has 8 bridgehead atoms. The SMILES string of the molecule is Cc1c2c3cc4c1OCOc1c(cc5c(c1C)OCOc1c(cc6c(c1C)OCOc1c(cc(c(c1C)OCO2)C3CCCOP(=O)(O)OC1CC(n2cnc3c(N)ncnc32)OC1CO)C6CCCOP(=O)(O)OC1CC(n2cnc3c(N)ncnc32)OC1CO)C5CCCOP(=O)(O)OC1CC(n2cnc3c(N)ncnc32)OC1CO)C4CCCOP(=O)(O)OC1CC(n2cnc3c(N)ncnc32)OC1CO. The van der Waals surface area contributed by atoms with E-state index in [2.05, 4.69) is 59.8 Å². The average Bonchev–Trinajstić information content (AvgIpc) is 1.02. The quantitative estimate of drug-likeness (QED) is 0.0129. The van der Waals surface area contributed by atoms with Gasteiger partial charge in [0.2, 0.25) is 27.2 Å². The van der Waals surface area contributed by atoms with Gasteiger partial charge in [-0.3, -0.25) is 54.5 Å². The van der Waals surface area contributed by atoms with Crippen LogP contribution in [0.5, 0.6) is 46.0 Å². The predicted molar refractivity (Wildman–Crippen MR) is 498 cm³/mol. The predicted octanol–water partition coefficient (Wildman–Crippen LogP) is 8.61. The van der Waals surface area contributed by atoms with Crippen LogP contribution < -0.4 is 60.8 Å². The molecule has 16 atom stereocenters. The number of nitrogens with zero attached hydrogens (tertiary/aromatic N) is 16. The van der Waals surface area contributed by atoms with Crippen molar-refractivity contribution in [2.75, 3.05) is 103 Å². The third-order valence-corrected chi connectivity index (χ3v) is 31.8. The van der Waals surface area contributed by atoms with Crippen molar-refractivity contribution in [3.05, 3.63) is 142 Å². The normalized spacial score (nSPS) is 25.8. The molecule has 16 heterocycles. The third-order valence-electron chi connectivity index (χ3n) is 27.6. The fourth-order valence-electron chi connectivity index (χ4n) is 21.0. The van der Waals surface area contributed by atoms with Gasteiger partial charge in [-0.05, 0) is 103 Å². The Hall–Kier alpha value is -11.2. The lowest BCUT2D eigenvalue weighted by atomic mass is 9.74. The summed E-state index contributed by atoms with van der Waals surface area (Å²) < 4.78 is 192. The lowest BCUT2D eigenvalue weighted by molar-refractivity contribution is -0.0438. The van der Waals surface area contributed by atoms with Gasteiger partial charge < -0.3 is 120 Å². The number of rotatable bonds is 36. The fraction of sp³-hybridized carbons (Fsp3) is 0.500. The van der Waals surface area contributed by atoms with E-state index < -0.39 is 209 Å². The molecule has 8 aliphatic heterocycles. The van der Waals surface area contributed by atoms with E-state index in [9.17, 15) is 58.3 Å². The van der Waals surface area contributed by atoms with Crippen molar-refractivity contribution in [1.82, 2.24) is 78.1 Å². The topological polar surface area (TPSA) is 693 Å². The van der Waals surface area contributed by atoms with Crippen molar-refractivity contribution in [2.24, 2.45) is 0 Å². The Morgan fingerprint density at radius 1 is 0.312 bits per heavy atom. The van der Waals surface area contributed by atoms with E-state index in [1.165, 1.54) is 50.6 Å². The van der Waals surface area contributed by atoms with Crippen molar-refractivity contribution in [2.45, 2.75) is 202 Å². The fourth-order valence-corrected chi connectivity index (χ4v) is 25.0. The minimum atomic E-state index is -5.07. The second kappa shape index (κ2) is 40.2. The number of imidazole rings is 4. The molecule has 52 nitrogen and oxygen atoms in total. The molecule has 0 radical (unpaired) electrons. The Morgan fingerprint density at radius 2 is 0.507 bits per heavy atom. The third kappa shape index (κ3) is 19.0. The van der Waals surface area contributed by atoms with Gasteiger partial charge in [-0.1, -0.05) is 0 Å². The second-order valence-corrected chi connectivity index (χ2v) is 41.7. The van der Waals surface area contributed by atoms with Crippen molar-refractivity contribution in [3.8, 4) is 46.0 Å². The molecule has 8 aromatic heterocycles. The number of fused-ring (bicyclic) bond motifs is 4. The molecule has 0 saturated carbocycles. The number of aliphatic hydroxyl groups is 4. The van der Waals surface area contributed by atoms with Crippen LogP contribution in [0.4, 0.5) is 23.3 Å². The van der Waals surface area contributed by atoms with Crippen LogP contribution in [0.3, 0.4) is 0 Å². The highest BCUT2D eigenvalue weighted by Crippen LogP contribution is 2.61. The monoisotopic (exact) mass is 2080 g/mol. The van der Waals surface area contributed by atoms with Gasteiger partial charge in [0.15, 0.2) is 45.9 Å². The summed E-state index contributed by atoms with van der Waals surface area (Å²) in [5, 5.41) is 42.8. The molecule has 4 fully saturated rings. The largest absolute Gasteiger partial charge is 0.472 e. The minimum Gasteiger partial charge on any atom is -0.457 e. The van der Waals surface area contributed by atoms with Crippen molar-refractivity contribution in [3.63, 3.8) is 0 Å². The summed E-state index contributed by atoms with van der Waals surface area (Å²) in [5.41, 5.74) is 33.0. The van der Waals surface area contributed by atoms with Gasteiger partial charge in [0.05, 0.1) is 78.2 Å². The number of hydrogen-bond donors (Lipinski definition) is 12. The van der Waals surface area contributed by atoms with E-state index in [1.54, 1.807) is 18.3 Å². The van der Waals surface area contributed by atoms with E-state index in [4.69, 9.17) is 116 Å². The summed E-state index contributed by atoms with van der Waals surface area (Å²) in [7, 11) is -20.3. The molecule has 1 aliphatic carbocycles. The number of aromatic nitrogens is 16. The number of benzene rings is 4. The molecule has 4 aromatic carbocycles. The van der Waals surface area contributed by atoms with Crippen molar-refractivity contribution in [1.29, 1.82) is 0 Å². The Morgan fingerprint density at radius 3 is 0.694 bits per heavy atom. The van der Waals surface area contributed by atoms with E-state index in [0.29, 0.717) is 135 Å². The summed E-state index contributed by atoms with van der Waals surface area (Å²) in [4.78, 5) is 98.3. The van der Waals surface area contributed by atoms with Crippen molar-refractivity contribution < 1.29 is 151 Å². The van der Waals surface area contributed by atoms with Crippen LogP contribution >= 0.6 is 31.3 Å². The maximum Gasteiger partial charge on any atom is 0.472 e. The highest BCUT2D eigenvalue weighted by molar-refractivity contribution is 7.48. The highest BCUT2D eigenvalue weighted by Gasteiger charge is 2.50. The highest BCUT2D eigenvalue weighted by atomic mass is 31.2. The smallest absolute Gasteiger partial charge is 0.457 e. The lowest BCUT2D eigenvalue weighted by Gasteiger charge is -2.37. The van der Waals surface area contributed by atoms with Gasteiger partial charge in [-0.15, -0.1) is 0 Å². The summed E-state index contributed by atoms with van der Waals surface area (Å²) in [6.45, 7) is 1.37. The first kappa shape index (κ1) is 98.8. The van der Waals surface area contributed by atoms with Crippen LogP contribution in [0.2, 0.25) is 0 Å². The summed E-state index contributed by atoms with van der Waals surface area (Å²) in [6.07, 6.45) is -2.25. The number of phosphoric acid groups is 4. The maximum atomic E-state index is 14.6. The number of ether oxygens (including phenoxy) is 12. The molecule has 4 saturated heterocycles. The maximum absolute atomic E-state index is 14.6. The van der Waals surface area contributed by atoms with Crippen LogP contribution in [-0.4, -0.2) is 247 Å². The molecule has 12 aromatic rings. The molecule has 16 N–H and O–H groups in total. The van der Waals surface area contributed by atoms with E-state index >= 15 is 0 Å². The molecular weight excluding hydrogens is 1970 g/mol. The first-order valence-electron chi connectivity index (χ1n) is 46.6. The number of nitrogen functional groups attached to an aromatic ring is 4.